The third-order valence-corrected chi connectivity index (χ3v) is 5.23. The van der Waals surface area contributed by atoms with E-state index in [1.807, 2.05) is 0 Å². The molecule has 0 aliphatic carbocycles. The molecule has 0 fully saturated rings. The molecule has 2 aromatic rings. The van der Waals surface area contributed by atoms with Crippen LogP contribution in [0.2, 0.25) is 0 Å². The minimum absolute atomic E-state index is 0.103. The van der Waals surface area contributed by atoms with Crippen LogP contribution < -0.4 is 10.0 Å². The molecular formula is C17H19BrN2O3S. The van der Waals surface area contributed by atoms with Crippen molar-refractivity contribution in [2.45, 2.75) is 31.2 Å². The monoisotopic (exact) mass is 410 g/mol. The first kappa shape index (κ1) is 18.6. The molecule has 0 saturated carbocycles. The Morgan fingerprint density at radius 3 is 2.25 bits per heavy atom. The first-order valence-electron chi connectivity index (χ1n) is 7.28. The third kappa shape index (κ3) is 5.15. The van der Waals surface area contributed by atoms with Crippen molar-refractivity contribution in [3.8, 4) is 0 Å². The molecule has 2 N–H and O–H groups in total. The second-order valence-electron chi connectivity index (χ2n) is 6.34. The minimum Gasteiger partial charge on any atom is -0.322 e. The first-order valence-corrected chi connectivity index (χ1v) is 9.55. The number of hydrogen-bond acceptors (Lipinski definition) is 3. The highest BCUT2D eigenvalue weighted by molar-refractivity contribution is 9.10. The largest absolute Gasteiger partial charge is 0.322 e. The summed E-state index contributed by atoms with van der Waals surface area (Å²) in [5.74, 6) is -0.305. The minimum atomic E-state index is -3.65. The average molecular weight is 411 g/mol. The quantitative estimate of drug-likeness (QED) is 0.804. The fraction of sp³-hybridized carbons (Fsp3) is 0.235. The highest BCUT2D eigenvalue weighted by atomic mass is 79.9. The Hall–Kier alpha value is -1.70. The Bertz CT molecular complexity index is 841. The lowest BCUT2D eigenvalue weighted by molar-refractivity contribution is 0.102. The molecule has 0 unspecified atom stereocenters. The van der Waals surface area contributed by atoms with E-state index >= 15 is 0 Å². The molecule has 0 aliphatic heterocycles. The molecule has 1 amide bonds. The molecule has 0 heterocycles. The summed E-state index contributed by atoms with van der Waals surface area (Å²) in [5.41, 5.74) is 0.314. The van der Waals surface area contributed by atoms with Crippen molar-refractivity contribution < 1.29 is 13.2 Å². The fourth-order valence-electron chi connectivity index (χ4n) is 2.01. The summed E-state index contributed by atoms with van der Waals surface area (Å²) in [5, 5.41) is 2.71. The number of hydrogen-bond donors (Lipinski definition) is 2. The average Bonchev–Trinajstić information content (AvgIpc) is 2.45. The maximum atomic E-state index is 12.4. The molecule has 7 heteroatoms. The fourth-order valence-corrected chi connectivity index (χ4v) is 3.74. The van der Waals surface area contributed by atoms with Gasteiger partial charge in [0, 0.05) is 21.3 Å². The molecule has 0 radical (unpaired) electrons. The summed E-state index contributed by atoms with van der Waals surface area (Å²) in [6.45, 7) is 5.30. The summed E-state index contributed by atoms with van der Waals surface area (Å²) in [6, 6.07) is 13.1. The smallest absolute Gasteiger partial charge is 0.255 e. The van der Waals surface area contributed by atoms with Gasteiger partial charge in [-0.05, 0) is 63.2 Å². The molecule has 2 rings (SSSR count). The van der Waals surface area contributed by atoms with Crippen molar-refractivity contribution in [1.82, 2.24) is 4.72 Å². The molecule has 0 spiro atoms. The Labute approximate surface area is 150 Å². The lowest BCUT2D eigenvalue weighted by Crippen LogP contribution is -2.40. The third-order valence-electron chi connectivity index (χ3n) is 2.95. The van der Waals surface area contributed by atoms with Crippen molar-refractivity contribution in [3.05, 3.63) is 58.6 Å². The van der Waals surface area contributed by atoms with Gasteiger partial charge in [-0.25, -0.2) is 13.1 Å². The van der Waals surface area contributed by atoms with Crippen LogP contribution in [0, 0.1) is 0 Å². The Morgan fingerprint density at radius 2 is 1.67 bits per heavy atom. The molecular weight excluding hydrogens is 392 g/mol. The number of carbonyl (C=O) groups excluding carboxylic acids is 1. The zero-order valence-corrected chi connectivity index (χ0v) is 16.0. The van der Waals surface area contributed by atoms with E-state index < -0.39 is 15.6 Å². The molecule has 128 valence electrons. The van der Waals surface area contributed by atoms with Crippen LogP contribution in [-0.2, 0) is 10.0 Å². The molecule has 2 aromatic carbocycles. The van der Waals surface area contributed by atoms with Gasteiger partial charge in [0.1, 0.15) is 0 Å². The van der Waals surface area contributed by atoms with E-state index in [1.165, 1.54) is 12.1 Å². The van der Waals surface area contributed by atoms with Crippen molar-refractivity contribution >= 4 is 37.5 Å². The van der Waals surface area contributed by atoms with E-state index in [0.29, 0.717) is 11.3 Å². The highest BCUT2D eigenvalue weighted by Crippen LogP contribution is 2.18. The van der Waals surface area contributed by atoms with Gasteiger partial charge in [-0.1, -0.05) is 22.0 Å². The van der Waals surface area contributed by atoms with E-state index in [9.17, 15) is 13.2 Å². The van der Waals surface area contributed by atoms with Crippen molar-refractivity contribution in [1.29, 1.82) is 0 Å². The van der Waals surface area contributed by atoms with Crippen LogP contribution >= 0.6 is 15.9 Å². The number of nitrogens with one attached hydrogen (secondary N) is 2. The molecule has 0 atom stereocenters. The molecule has 0 saturated heterocycles. The van der Waals surface area contributed by atoms with Crippen molar-refractivity contribution in [2.75, 3.05) is 5.32 Å². The maximum absolute atomic E-state index is 12.4. The number of sulfonamides is 1. The van der Waals surface area contributed by atoms with Crippen LogP contribution in [-0.4, -0.2) is 19.9 Å². The van der Waals surface area contributed by atoms with Gasteiger partial charge in [0.05, 0.1) is 4.90 Å². The number of amides is 1. The Morgan fingerprint density at radius 1 is 1.04 bits per heavy atom. The number of carbonyl (C=O) groups is 1. The SMILES string of the molecule is CC(C)(C)NS(=O)(=O)c1cccc(NC(=O)c2ccc(Br)cc2)c1. The van der Waals surface area contributed by atoms with Crippen LogP contribution in [0.1, 0.15) is 31.1 Å². The second-order valence-corrected chi connectivity index (χ2v) is 8.94. The van der Waals surface area contributed by atoms with E-state index in [2.05, 4.69) is 26.0 Å². The molecule has 0 aliphatic rings. The van der Waals surface area contributed by atoms with E-state index in [4.69, 9.17) is 0 Å². The Kier molecular flexibility index (Phi) is 5.47. The maximum Gasteiger partial charge on any atom is 0.255 e. The first-order chi connectivity index (χ1) is 11.1. The van der Waals surface area contributed by atoms with E-state index in [-0.39, 0.29) is 10.8 Å². The normalized spacial score (nSPS) is 12.0. The van der Waals surface area contributed by atoms with E-state index in [0.717, 1.165) is 4.47 Å². The van der Waals surface area contributed by atoms with E-state index in [1.54, 1.807) is 57.2 Å². The standard InChI is InChI=1S/C17H19BrN2O3S/c1-17(2,3)20-24(22,23)15-6-4-5-14(11-15)19-16(21)12-7-9-13(18)10-8-12/h4-11,20H,1-3H3,(H,19,21). The van der Waals surface area contributed by atoms with Crippen LogP contribution in [0.15, 0.2) is 57.9 Å². The van der Waals surface area contributed by atoms with Gasteiger partial charge in [-0.2, -0.15) is 0 Å². The van der Waals surface area contributed by atoms with Crippen molar-refractivity contribution in [2.24, 2.45) is 0 Å². The van der Waals surface area contributed by atoms with Crippen LogP contribution in [0.25, 0.3) is 0 Å². The molecule has 5 nitrogen and oxygen atoms in total. The highest BCUT2D eigenvalue weighted by Gasteiger charge is 2.22. The van der Waals surface area contributed by atoms with Crippen LogP contribution in [0.4, 0.5) is 5.69 Å². The summed E-state index contributed by atoms with van der Waals surface area (Å²) in [6.07, 6.45) is 0. The number of rotatable bonds is 4. The van der Waals surface area contributed by atoms with Gasteiger partial charge in [0.15, 0.2) is 0 Å². The van der Waals surface area contributed by atoms with Crippen LogP contribution in [0.3, 0.4) is 0 Å². The number of benzene rings is 2. The lowest BCUT2D eigenvalue weighted by atomic mass is 10.1. The zero-order chi connectivity index (χ0) is 18.0. The lowest BCUT2D eigenvalue weighted by Gasteiger charge is -2.20. The molecule has 0 bridgehead atoms. The molecule has 24 heavy (non-hydrogen) atoms. The van der Waals surface area contributed by atoms with Crippen molar-refractivity contribution in [3.63, 3.8) is 0 Å². The topological polar surface area (TPSA) is 75.3 Å². The van der Waals surface area contributed by atoms with Gasteiger partial charge in [-0.15, -0.1) is 0 Å². The van der Waals surface area contributed by atoms with Crippen LogP contribution in [0.5, 0.6) is 0 Å². The summed E-state index contributed by atoms with van der Waals surface area (Å²) < 4.78 is 28.2. The number of halogens is 1. The summed E-state index contributed by atoms with van der Waals surface area (Å²) in [4.78, 5) is 12.3. The second kappa shape index (κ2) is 7.04. The van der Waals surface area contributed by atoms with Gasteiger partial charge in [0.2, 0.25) is 10.0 Å². The Balaban J connectivity index is 2.21. The predicted octanol–water partition coefficient (Wildman–Crippen LogP) is 3.78. The predicted molar refractivity (Wildman–Crippen MR) is 98.6 cm³/mol. The molecule has 0 aromatic heterocycles. The zero-order valence-electron chi connectivity index (χ0n) is 13.6. The number of anilines is 1. The van der Waals surface area contributed by atoms with Gasteiger partial charge >= 0.3 is 0 Å². The summed E-state index contributed by atoms with van der Waals surface area (Å²) in [7, 11) is -3.65. The van der Waals surface area contributed by atoms with Gasteiger partial charge in [0.25, 0.3) is 5.91 Å². The summed E-state index contributed by atoms with van der Waals surface area (Å²) >= 11 is 3.31. The van der Waals surface area contributed by atoms with Gasteiger partial charge < -0.3 is 5.32 Å². The van der Waals surface area contributed by atoms with Gasteiger partial charge in [-0.3, -0.25) is 4.79 Å².